The molecule has 2 rings (SSSR count). The molecular weight excluding hydrogens is 204 g/mol. The quantitative estimate of drug-likeness (QED) is 0.752. The van der Waals surface area contributed by atoms with Crippen LogP contribution < -0.4 is 5.73 Å². The molecule has 2 saturated heterocycles. The molecule has 0 bridgehead atoms. The van der Waals surface area contributed by atoms with Crippen molar-refractivity contribution in [3.05, 3.63) is 0 Å². The molecule has 0 aromatic rings. The summed E-state index contributed by atoms with van der Waals surface area (Å²) in [7, 11) is 0. The second-order valence-corrected chi connectivity index (χ2v) is 5.02. The van der Waals surface area contributed by atoms with Gasteiger partial charge in [-0.1, -0.05) is 0 Å². The zero-order valence-electron chi connectivity index (χ0n) is 10.3. The fraction of sp³-hybridized carbons (Fsp3) is 1.00. The molecule has 2 fully saturated rings. The summed E-state index contributed by atoms with van der Waals surface area (Å²) in [6.45, 7) is 7.49. The Bertz CT molecular complexity index is 215. The number of rotatable bonds is 2. The number of ether oxygens (including phenoxy) is 2. The second-order valence-electron chi connectivity index (χ2n) is 5.02. The van der Waals surface area contributed by atoms with Crippen LogP contribution in [0.1, 0.15) is 26.2 Å². The van der Waals surface area contributed by atoms with Gasteiger partial charge >= 0.3 is 0 Å². The minimum Gasteiger partial charge on any atom is -0.381 e. The summed E-state index contributed by atoms with van der Waals surface area (Å²) < 4.78 is 11.2. The van der Waals surface area contributed by atoms with Crippen LogP contribution in [-0.2, 0) is 9.47 Å². The van der Waals surface area contributed by atoms with Crippen LogP contribution in [0.2, 0.25) is 0 Å². The van der Waals surface area contributed by atoms with Gasteiger partial charge in [0, 0.05) is 38.4 Å². The van der Waals surface area contributed by atoms with Crippen LogP contribution in [0.25, 0.3) is 0 Å². The van der Waals surface area contributed by atoms with E-state index < -0.39 is 0 Å². The van der Waals surface area contributed by atoms with Crippen LogP contribution in [0, 0.1) is 0 Å². The first-order chi connectivity index (χ1) is 7.77. The summed E-state index contributed by atoms with van der Waals surface area (Å²) in [5.41, 5.74) is 6.21. The topological polar surface area (TPSA) is 47.7 Å². The molecular formula is C12H24N2O2. The molecule has 0 saturated carbocycles. The molecule has 2 N–H and O–H groups in total. The van der Waals surface area contributed by atoms with Gasteiger partial charge in [-0.2, -0.15) is 0 Å². The SMILES string of the molecule is CC1CN(C2(CN)CCCOCC2)CCO1. The first-order valence-corrected chi connectivity index (χ1v) is 6.41. The van der Waals surface area contributed by atoms with E-state index in [9.17, 15) is 0 Å². The van der Waals surface area contributed by atoms with Gasteiger partial charge in [0.15, 0.2) is 0 Å². The van der Waals surface area contributed by atoms with Crippen molar-refractivity contribution in [1.29, 1.82) is 0 Å². The predicted molar refractivity (Wildman–Crippen MR) is 63.4 cm³/mol. The fourth-order valence-corrected chi connectivity index (χ4v) is 2.89. The third-order valence-electron chi connectivity index (χ3n) is 3.93. The number of hydrogen-bond acceptors (Lipinski definition) is 4. The van der Waals surface area contributed by atoms with Crippen molar-refractivity contribution in [2.24, 2.45) is 5.73 Å². The van der Waals surface area contributed by atoms with Crippen LogP contribution in [0.15, 0.2) is 0 Å². The van der Waals surface area contributed by atoms with Gasteiger partial charge in [-0.05, 0) is 26.2 Å². The normalized spacial score (nSPS) is 38.2. The van der Waals surface area contributed by atoms with E-state index in [4.69, 9.17) is 15.2 Å². The third kappa shape index (κ3) is 2.56. The molecule has 2 unspecified atom stereocenters. The molecule has 2 aliphatic heterocycles. The lowest BCUT2D eigenvalue weighted by molar-refractivity contribution is -0.0656. The van der Waals surface area contributed by atoms with E-state index in [1.165, 1.54) is 0 Å². The number of morpholine rings is 1. The summed E-state index contributed by atoms with van der Waals surface area (Å²) >= 11 is 0. The van der Waals surface area contributed by atoms with E-state index >= 15 is 0 Å². The Hall–Kier alpha value is -0.160. The Labute approximate surface area is 98.1 Å². The molecule has 2 atom stereocenters. The van der Waals surface area contributed by atoms with Gasteiger partial charge in [0.05, 0.1) is 12.7 Å². The van der Waals surface area contributed by atoms with Gasteiger partial charge in [0.2, 0.25) is 0 Å². The van der Waals surface area contributed by atoms with Crippen molar-refractivity contribution in [1.82, 2.24) is 4.90 Å². The van der Waals surface area contributed by atoms with Crippen molar-refractivity contribution in [3.63, 3.8) is 0 Å². The van der Waals surface area contributed by atoms with E-state index in [2.05, 4.69) is 11.8 Å². The van der Waals surface area contributed by atoms with E-state index in [1.807, 2.05) is 0 Å². The summed E-state index contributed by atoms with van der Waals surface area (Å²) in [6.07, 6.45) is 3.69. The van der Waals surface area contributed by atoms with Gasteiger partial charge in [0.1, 0.15) is 0 Å². The average Bonchev–Trinajstić information content (AvgIpc) is 2.55. The Balaban J connectivity index is 2.05. The molecule has 16 heavy (non-hydrogen) atoms. The zero-order chi connectivity index (χ0) is 11.4. The van der Waals surface area contributed by atoms with E-state index in [-0.39, 0.29) is 5.54 Å². The maximum absolute atomic E-state index is 6.05. The standard InChI is InChI=1S/C12H24N2O2/c1-11-9-14(5-8-16-11)12(10-13)3-2-6-15-7-4-12/h11H,2-10,13H2,1H3. The molecule has 0 aliphatic carbocycles. The maximum atomic E-state index is 6.05. The second kappa shape index (κ2) is 5.45. The van der Waals surface area contributed by atoms with E-state index in [0.717, 1.165) is 58.7 Å². The Morgan fingerprint density at radius 2 is 2.19 bits per heavy atom. The smallest absolute Gasteiger partial charge is 0.0674 e. The van der Waals surface area contributed by atoms with Gasteiger partial charge in [-0.15, -0.1) is 0 Å². The van der Waals surface area contributed by atoms with Crippen LogP contribution in [0.3, 0.4) is 0 Å². The highest BCUT2D eigenvalue weighted by atomic mass is 16.5. The Morgan fingerprint density at radius 1 is 1.31 bits per heavy atom. The first kappa shape index (κ1) is 12.3. The number of nitrogens with zero attached hydrogens (tertiary/aromatic N) is 1. The zero-order valence-corrected chi connectivity index (χ0v) is 10.3. The van der Waals surface area contributed by atoms with Crippen molar-refractivity contribution < 1.29 is 9.47 Å². The molecule has 2 aliphatic rings. The lowest BCUT2D eigenvalue weighted by Gasteiger charge is -2.46. The lowest BCUT2D eigenvalue weighted by Crippen LogP contribution is -2.59. The molecule has 0 amide bonds. The number of nitrogens with two attached hydrogens (primary N) is 1. The van der Waals surface area contributed by atoms with Gasteiger partial charge in [0.25, 0.3) is 0 Å². The van der Waals surface area contributed by atoms with Crippen molar-refractivity contribution >= 4 is 0 Å². The van der Waals surface area contributed by atoms with E-state index in [1.54, 1.807) is 0 Å². The summed E-state index contributed by atoms with van der Waals surface area (Å²) in [4.78, 5) is 2.54. The fourth-order valence-electron chi connectivity index (χ4n) is 2.89. The minimum atomic E-state index is 0.161. The maximum Gasteiger partial charge on any atom is 0.0674 e. The van der Waals surface area contributed by atoms with Crippen LogP contribution in [-0.4, -0.2) is 56.0 Å². The van der Waals surface area contributed by atoms with Crippen molar-refractivity contribution in [2.75, 3.05) is 39.5 Å². The van der Waals surface area contributed by atoms with Crippen molar-refractivity contribution in [2.45, 2.75) is 37.8 Å². The predicted octanol–water partition coefficient (Wildman–Crippen LogP) is 0.605. The molecule has 4 nitrogen and oxygen atoms in total. The highest BCUT2D eigenvalue weighted by molar-refractivity contribution is 4.94. The molecule has 0 radical (unpaired) electrons. The first-order valence-electron chi connectivity index (χ1n) is 6.41. The van der Waals surface area contributed by atoms with Crippen molar-refractivity contribution in [3.8, 4) is 0 Å². The summed E-state index contributed by atoms with van der Waals surface area (Å²) in [6, 6.07) is 0. The molecule has 0 spiro atoms. The van der Waals surface area contributed by atoms with Gasteiger partial charge < -0.3 is 15.2 Å². The summed E-state index contributed by atoms with van der Waals surface area (Å²) in [5.74, 6) is 0. The van der Waals surface area contributed by atoms with Crippen LogP contribution >= 0.6 is 0 Å². The third-order valence-corrected chi connectivity index (χ3v) is 3.93. The highest BCUT2D eigenvalue weighted by Gasteiger charge is 2.37. The van der Waals surface area contributed by atoms with Crippen LogP contribution in [0.4, 0.5) is 0 Å². The van der Waals surface area contributed by atoms with Gasteiger partial charge in [-0.25, -0.2) is 0 Å². The van der Waals surface area contributed by atoms with Crippen LogP contribution in [0.5, 0.6) is 0 Å². The largest absolute Gasteiger partial charge is 0.381 e. The highest BCUT2D eigenvalue weighted by Crippen LogP contribution is 2.29. The monoisotopic (exact) mass is 228 g/mol. The molecule has 0 aromatic carbocycles. The molecule has 4 heteroatoms. The molecule has 2 heterocycles. The van der Waals surface area contributed by atoms with E-state index in [0.29, 0.717) is 6.10 Å². The Kier molecular flexibility index (Phi) is 4.19. The Morgan fingerprint density at radius 3 is 2.94 bits per heavy atom. The molecule has 94 valence electrons. The van der Waals surface area contributed by atoms with Gasteiger partial charge in [-0.3, -0.25) is 4.90 Å². The molecule has 0 aromatic heterocycles. The average molecular weight is 228 g/mol. The number of hydrogen-bond donors (Lipinski definition) is 1. The minimum absolute atomic E-state index is 0.161. The summed E-state index contributed by atoms with van der Waals surface area (Å²) in [5, 5.41) is 0. The lowest BCUT2D eigenvalue weighted by atomic mass is 9.87.